The molecule has 0 bridgehead atoms. The molecule has 1 aliphatic carbocycles. The molecule has 1 saturated carbocycles. The van der Waals surface area contributed by atoms with Crippen molar-refractivity contribution >= 4 is 5.91 Å². The van der Waals surface area contributed by atoms with Gasteiger partial charge in [-0.1, -0.05) is 24.3 Å². The van der Waals surface area contributed by atoms with Crippen LogP contribution in [0.2, 0.25) is 0 Å². The third-order valence-electron chi connectivity index (χ3n) is 6.66. The smallest absolute Gasteiger partial charge is 0.231 e. The normalized spacial score (nSPS) is 29.0. The highest BCUT2D eigenvalue weighted by Gasteiger charge is 2.57. The van der Waals surface area contributed by atoms with E-state index in [9.17, 15) is 4.79 Å². The zero-order chi connectivity index (χ0) is 17.7. The number of rotatable bonds is 4. The van der Waals surface area contributed by atoms with Crippen molar-refractivity contribution in [2.45, 2.75) is 32.4 Å². The summed E-state index contributed by atoms with van der Waals surface area (Å²) < 4.78 is 1.92. The molecule has 1 N–H and O–H groups in total. The Morgan fingerprint density at radius 1 is 1.27 bits per heavy atom. The largest absolute Gasteiger partial charge is 0.334 e. The second-order valence-corrected chi connectivity index (χ2v) is 8.33. The molecular weight excluding hydrogens is 324 g/mol. The first kappa shape index (κ1) is 16.1. The van der Waals surface area contributed by atoms with Crippen molar-refractivity contribution < 1.29 is 4.79 Å². The monoisotopic (exact) mass is 350 g/mol. The first-order chi connectivity index (χ1) is 12.7. The number of aryl methyl sites for hydroxylation is 1. The molecule has 1 aromatic carbocycles. The predicted molar refractivity (Wildman–Crippen MR) is 99.4 cm³/mol. The fraction of sp³-hybridized carbons (Fsp3) is 0.524. The maximum absolute atomic E-state index is 13.6. The molecule has 5 rings (SSSR count). The molecule has 5 heteroatoms. The van der Waals surface area contributed by atoms with Crippen LogP contribution in [0.3, 0.4) is 0 Å². The molecule has 2 aromatic rings. The van der Waals surface area contributed by atoms with E-state index in [4.69, 9.17) is 0 Å². The van der Waals surface area contributed by atoms with Gasteiger partial charge in [-0.05, 0) is 42.9 Å². The number of aromatic nitrogens is 2. The molecule has 26 heavy (non-hydrogen) atoms. The molecule has 1 amide bonds. The Kier molecular flexibility index (Phi) is 3.67. The molecule has 1 aromatic heterocycles. The molecule has 136 valence electrons. The number of nitrogens with one attached hydrogen (secondary N) is 1. The topological polar surface area (TPSA) is 50.2 Å². The van der Waals surface area contributed by atoms with Gasteiger partial charge in [-0.2, -0.15) is 5.10 Å². The van der Waals surface area contributed by atoms with Crippen LogP contribution in [0.25, 0.3) is 0 Å². The van der Waals surface area contributed by atoms with Gasteiger partial charge in [0.05, 0.1) is 18.0 Å². The lowest BCUT2D eigenvalue weighted by Gasteiger charge is -2.32. The SMILES string of the molecule is Cc1ccccc1[C@@H]1[C@H]2CNC[C@H]2CN1C(=O)C1(Cn2cccn2)CC1. The minimum atomic E-state index is -0.237. The Balaban J connectivity index is 1.47. The number of carbonyl (C=O) groups excluding carboxylic acids is 1. The number of hydrogen-bond donors (Lipinski definition) is 1. The Morgan fingerprint density at radius 2 is 2.12 bits per heavy atom. The molecule has 0 unspecified atom stereocenters. The van der Waals surface area contributed by atoms with Crippen molar-refractivity contribution in [3.05, 3.63) is 53.9 Å². The molecule has 5 nitrogen and oxygen atoms in total. The van der Waals surface area contributed by atoms with E-state index >= 15 is 0 Å². The van der Waals surface area contributed by atoms with Crippen LogP contribution >= 0.6 is 0 Å². The van der Waals surface area contributed by atoms with Crippen molar-refractivity contribution in [2.24, 2.45) is 17.3 Å². The minimum absolute atomic E-state index is 0.207. The number of fused-ring (bicyclic) bond motifs is 1. The molecule has 3 heterocycles. The van der Waals surface area contributed by atoms with Crippen LogP contribution in [0.15, 0.2) is 42.7 Å². The summed E-state index contributed by atoms with van der Waals surface area (Å²) in [6.07, 6.45) is 5.73. The van der Waals surface area contributed by atoms with E-state index in [1.54, 1.807) is 6.20 Å². The first-order valence-electron chi connectivity index (χ1n) is 9.73. The van der Waals surface area contributed by atoms with E-state index in [1.165, 1.54) is 11.1 Å². The molecule has 2 saturated heterocycles. The summed E-state index contributed by atoms with van der Waals surface area (Å²) in [7, 11) is 0. The van der Waals surface area contributed by atoms with Gasteiger partial charge in [-0.3, -0.25) is 9.48 Å². The van der Waals surface area contributed by atoms with Crippen molar-refractivity contribution in [3.8, 4) is 0 Å². The second kappa shape index (κ2) is 5.95. The number of hydrogen-bond acceptors (Lipinski definition) is 3. The predicted octanol–water partition coefficient (Wildman–Crippen LogP) is 2.39. The summed E-state index contributed by atoms with van der Waals surface area (Å²) in [5.41, 5.74) is 2.38. The van der Waals surface area contributed by atoms with Crippen LogP contribution in [0.1, 0.15) is 30.0 Å². The zero-order valence-corrected chi connectivity index (χ0v) is 15.3. The number of nitrogens with zero attached hydrogens (tertiary/aromatic N) is 3. The van der Waals surface area contributed by atoms with E-state index in [2.05, 4.69) is 46.5 Å². The summed E-state index contributed by atoms with van der Waals surface area (Å²) in [4.78, 5) is 15.9. The van der Waals surface area contributed by atoms with Gasteiger partial charge in [0.1, 0.15) is 0 Å². The summed E-state index contributed by atoms with van der Waals surface area (Å²) >= 11 is 0. The average Bonchev–Trinajstić information content (AvgIpc) is 3.00. The molecule has 2 aliphatic heterocycles. The average molecular weight is 350 g/mol. The first-order valence-corrected chi connectivity index (χ1v) is 9.73. The zero-order valence-electron chi connectivity index (χ0n) is 15.3. The quantitative estimate of drug-likeness (QED) is 0.921. The van der Waals surface area contributed by atoms with E-state index in [1.807, 2.05) is 16.9 Å². The van der Waals surface area contributed by atoms with Crippen molar-refractivity contribution in [2.75, 3.05) is 19.6 Å². The molecular formula is C21H26N4O. The molecule has 3 atom stereocenters. The van der Waals surface area contributed by atoms with E-state index < -0.39 is 0 Å². The highest BCUT2D eigenvalue weighted by Crippen LogP contribution is 2.53. The molecule has 0 spiro atoms. The van der Waals surface area contributed by atoms with Gasteiger partial charge in [-0.15, -0.1) is 0 Å². The summed E-state index contributed by atoms with van der Waals surface area (Å²) in [5, 5.41) is 7.88. The lowest BCUT2D eigenvalue weighted by Crippen LogP contribution is -2.41. The van der Waals surface area contributed by atoms with Gasteiger partial charge in [0.25, 0.3) is 0 Å². The number of carbonyl (C=O) groups is 1. The summed E-state index contributed by atoms with van der Waals surface area (Å²) in [6, 6.07) is 10.7. The molecule has 3 fully saturated rings. The minimum Gasteiger partial charge on any atom is -0.334 e. The fourth-order valence-corrected chi connectivity index (χ4v) is 5.05. The van der Waals surface area contributed by atoms with Crippen LogP contribution in [-0.4, -0.2) is 40.2 Å². The van der Waals surface area contributed by atoms with Gasteiger partial charge in [0, 0.05) is 37.9 Å². The maximum Gasteiger partial charge on any atom is 0.231 e. The number of likely N-dealkylation sites (tertiary alicyclic amines) is 1. The highest BCUT2D eigenvalue weighted by molar-refractivity contribution is 5.86. The lowest BCUT2D eigenvalue weighted by molar-refractivity contribution is -0.139. The Labute approximate surface area is 154 Å². The van der Waals surface area contributed by atoms with Crippen molar-refractivity contribution in [1.82, 2.24) is 20.0 Å². The Morgan fingerprint density at radius 3 is 2.85 bits per heavy atom. The second-order valence-electron chi connectivity index (χ2n) is 8.33. The van der Waals surface area contributed by atoms with Crippen molar-refractivity contribution in [1.29, 1.82) is 0 Å². The van der Waals surface area contributed by atoms with Crippen molar-refractivity contribution in [3.63, 3.8) is 0 Å². The Bertz CT molecular complexity index is 811. The van der Waals surface area contributed by atoms with Crippen LogP contribution < -0.4 is 5.32 Å². The van der Waals surface area contributed by atoms with E-state index in [0.29, 0.717) is 24.3 Å². The molecule has 3 aliphatic rings. The van der Waals surface area contributed by atoms with Gasteiger partial charge in [-0.25, -0.2) is 0 Å². The Hall–Kier alpha value is -2.14. The van der Waals surface area contributed by atoms with Crippen LogP contribution in [0.5, 0.6) is 0 Å². The fourth-order valence-electron chi connectivity index (χ4n) is 5.05. The summed E-state index contributed by atoms with van der Waals surface area (Å²) in [6.45, 7) is 5.81. The van der Waals surface area contributed by atoms with Crippen LogP contribution in [-0.2, 0) is 11.3 Å². The number of amides is 1. The highest BCUT2D eigenvalue weighted by atomic mass is 16.2. The van der Waals surface area contributed by atoms with E-state index in [-0.39, 0.29) is 11.5 Å². The van der Waals surface area contributed by atoms with Gasteiger partial charge < -0.3 is 10.2 Å². The van der Waals surface area contributed by atoms with E-state index in [0.717, 1.165) is 32.5 Å². The van der Waals surface area contributed by atoms with Gasteiger partial charge in [0.15, 0.2) is 0 Å². The molecule has 0 radical (unpaired) electrons. The third-order valence-corrected chi connectivity index (χ3v) is 6.66. The lowest BCUT2D eigenvalue weighted by atomic mass is 9.87. The van der Waals surface area contributed by atoms with Gasteiger partial charge >= 0.3 is 0 Å². The maximum atomic E-state index is 13.6. The van der Waals surface area contributed by atoms with Gasteiger partial charge in [0.2, 0.25) is 5.91 Å². The standard InChI is InChI=1S/C21H26N4O/c1-15-5-2-3-6-17(15)19-18-12-22-11-16(18)13-25(19)20(26)21(7-8-21)14-24-10-4-9-23-24/h2-6,9-10,16,18-19,22H,7-8,11-14H2,1H3/t16-,18-,19+/m0/s1. The third kappa shape index (κ3) is 2.49. The summed E-state index contributed by atoms with van der Waals surface area (Å²) in [5.74, 6) is 1.44. The number of benzene rings is 1. The van der Waals surface area contributed by atoms with Crippen LogP contribution in [0.4, 0.5) is 0 Å². The van der Waals surface area contributed by atoms with Crippen LogP contribution in [0, 0.1) is 24.2 Å².